The van der Waals surface area contributed by atoms with Crippen LogP contribution in [0.3, 0.4) is 0 Å². The summed E-state index contributed by atoms with van der Waals surface area (Å²) in [6, 6.07) is -0.338. The molecule has 0 aromatic heterocycles. The molecule has 0 aliphatic rings. The first-order chi connectivity index (χ1) is 8.25. The average molecular weight is 256 g/mol. The van der Waals surface area contributed by atoms with Gasteiger partial charge in [-0.05, 0) is 0 Å². The van der Waals surface area contributed by atoms with Crippen molar-refractivity contribution >= 4 is 23.4 Å². The van der Waals surface area contributed by atoms with Crippen LogP contribution < -0.4 is 33.2 Å². The number of phenolic OH excluding ortho intramolecular Hbond substituents is 2. The molecule has 1 rings (SSSR count). The molecular weight excluding hydrogens is 244 g/mol. The van der Waals surface area contributed by atoms with Crippen LogP contribution in [0.5, 0.6) is 11.5 Å². The molecule has 0 saturated heterocycles. The maximum atomic E-state index is 10.9. The molecule has 0 bridgehead atoms. The standard InChI is InChI=1S/C8H12N6O4/c9-7(17)13(11)3-1-5(15)6(16)2-4(3)14(12)8(10)18/h1-2,15-16H,11-12H2,(H2,9,17)(H2,10,18). The summed E-state index contributed by atoms with van der Waals surface area (Å²) >= 11 is 0. The largest absolute Gasteiger partial charge is 0.504 e. The fraction of sp³-hybridized carbons (Fsp3) is 0. The molecule has 0 unspecified atom stereocenters. The second-order valence-electron chi connectivity index (χ2n) is 3.25. The van der Waals surface area contributed by atoms with E-state index in [1.165, 1.54) is 0 Å². The second-order valence-corrected chi connectivity index (χ2v) is 3.25. The van der Waals surface area contributed by atoms with Crippen LogP contribution in [0.2, 0.25) is 0 Å². The Labute approximate surface area is 101 Å². The fourth-order valence-corrected chi connectivity index (χ4v) is 1.18. The number of nitrogens with zero attached hydrogens (tertiary/aromatic N) is 2. The van der Waals surface area contributed by atoms with Crippen LogP contribution in [-0.4, -0.2) is 22.3 Å². The lowest BCUT2D eigenvalue weighted by Crippen LogP contribution is -2.46. The Hall–Kier alpha value is -2.72. The molecule has 0 aliphatic heterocycles. The monoisotopic (exact) mass is 256 g/mol. The zero-order chi connectivity index (χ0) is 14.0. The van der Waals surface area contributed by atoms with Crippen LogP contribution in [0, 0.1) is 0 Å². The van der Waals surface area contributed by atoms with E-state index in [4.69, 9.17) is 23.2 Å². The third kappa shape index (κ3) is 2.34. The van der Waals surface area contributed by atoms with E-state index in [0.717, 1.165) is 12.1 Å². The number of hydrogen-bond donors (Lipinski definition) is 6. The quantitative estimate of drug-likeness (QED) is 0.164. The number of hydrogen-bond acceptors (Lipinski definition) is 6. The Morgan fingerprint density at radius 1 is 0.889 bits per heavy atom. The molecule has 4 amide bonds. The van der Waals surface area contributed by atoms with Gasteiger partial charge in [0, 0.05) is 12.1 Å². The van der Waals surface area contributed by atoms with Gasteiger partial charge in [0.15, 0.2) is 11.5 Å². The number of rotatable bonds is 2. The summed E-state index contributed by atoms with van der Waals surface area (Å²) in [5.41, 5.74) is 9.47. The number of amides is 4. The highest BCUT2D eigenvalue weighted by molar-refractivity contribution is 5.99. The number of urea groups is 2. The zero-order valence-electron chi connectivity index (χ0n) is 9.07. The third-order valence-electron chi connectivity index (χ3n) is 2.07. The topological polar surface area (TPSA) is 185 Å². The van der Waals surface area contributed by atoms with Crippen molar-refractivity contribution in [2.45, 2.75) is 0 Å². The van der Waals surface area contributed by atoms with Crippen LogP contribution in [0.4, 0.5) is 21.0 Å². The number of hydrazine groups is 2. The van der Waals surface area contributed by atoms with Crippen LogP contribution >= 0.6 is 0 Å². The van der Waals surface area contributed by atoms with Crippen LogP contribution in [0.1, 0.15) is 0 Å². The summed E-state index contributed by atoms with van der Waals surface area (Å²) in [5, 5.41) is 19.5. The van der Waals surface area contributed by atoms with Gasteiger partial charge in [0.1, 0.15) is 0 Å². The van der Waals surface area contributed by atoms with E-state index in [-0.39, 0.29) is 11.4 Å². The molecular formula is C8H12N6O4. The lowest BCUT2D eigenvalue weighted by Gasteiger charge is -2.22. The first kappa shape index (κ1) is 13.3. The third-order valence-corrected chi connectivity index (χ3v) is 2.07. The first-order valence-corrected chi connectivity index (χ1v) is 4.50. The van der Waals surface area contributed by atoms with Gasteiger partial charge in [-0.25, -0.2) is 31.3 Å². The molecule has 0 radical (unpaired) electrons. The Morgan fingerprint density at radius 2 is 1.17 bits per heavy atom. The number of carbonyl (C=O) groups excluding carboxylic acids is 2. The second kappa shape index (κ2) is 4.65. The highest BCUT2D eigenvalue weighted by Crippen LogP contribution is 2.37. The molecule has 0 heterocycles. The van der Waals surface area contributed by atoms with Crippen molar-refractivity contribution in [3.8, 4) is 11.5 Å². The van der Waals surface area contributed by atoms with Crippen molar-refractivity contribution in [1.29, 1.82) is 0 Å². The lowest BCUT2D eigenvalue weighted by molar-refractivity contribution is 0.252. The summed E-state index contributed by atoms with van der Waals surface area (Å²) in [5.74, 6) is 9.49. The molecule has 18 heavy (non-hydrogen) atoms. The lowest BCUT2D eigenvalue weighted by atomic mass is 10.2. The van der Waals surface area contributed by atoms with Crippen molar-refractivity contribution in [3.05, 3.63) is 12.1 Å². The number of anilines is 2. The average Bonchev–Trinajstić information content (AvgIpc) is 2.29. The van der Waals surface area contributed by atoms with E-state index in [0.29, 0.717) is 10.0 Å². The van der Waals surface area contributed by atoms with Crippen molar-refractivity contribution in [2.75, 3.05) is 10.0 Å². The number of aromatic hydroxyl groups is 2. The molecule has 0 saturated carbocycles. The maximum absolute atomic E-state index is 10.9. The van der Waals surface area contributed by atoms with Gasteiger partial charge < -0.3 is 21.7 Å². The van der Waals surface area contributed by atoms with E-state index in [1.54, 1.807) is 0 Å². The molecule has 10 nitrogen and oxygen atoms in total. The van der Waals surface area contributed by atoms with E-state index in [9.17, 15) is 19.8 Å². The number of carbonyl (C=O) groups is 2. The highest BCUT2D eigenvalue weighted by atomic mass is 16.3. The van der Waals surface area contributed by atoms with E-state index in [2.05, 4.69) is 0 Å². The van der Waals surface area contributed by atoms with Gasteiger partial charge in [-0.3, -0.25) is 0 Å². The van der Waals surface area contributed by atoms with E-state index >= 15 is 0 Å². The molecule has 0 atom stereocenters. The van der Waals surface area contributed by atoms with Crippen LogP contribution in [-0.2, 0) is 0 Å². The summed E-state index contributed by atoms with van der Waals surface area (Å²) in [4.78, 5) is 21.9. The first-order valence-electron chi connectivity index (χ1n) is 4.50. The zero-order valence-corrected chi connectivity index (χ0v) is 9.07. The Bertz CT molecular complexity index is 460. The SMILES string of the molecule is NC(=O)N(N)c1cc(O)c(O)cc1N(N)C(N)=O. The summed E-state index contributed by atoms with van der Waals surface area (Å²) in [7, 11) is 0. The van der Waals surface area contributed by atoms with Gasteiger partial charge in [-0.1, -0.05) is 0 Å². The minimum absolute atomic E-state index is 0.209. The molecule has 0 spiro atoms. The number of benzene rings is 1. The van der Waals surface area contributed by atoms with Gasteiger partial charge >= 0.3 is 12.1 Å². The normalized spacial score (nSPS) is 9.89. The molecule has 0 fully saturated rings. The number of primary amides is 2. The highest BCUT2D eigenvalue weighted by Gasteiger charge is 2.21. The fourth-order valence-electron chi connectivity index (χ4n) is 1.18. The molecule has 0 aliphatic carbocycles. The predicted molar refractivity (Wildman–Crippen MR) is 62.3 cm³/mol. The van der Waals surface area contributed by atoms with Gasteiger partial charge in [-0.2, -0.15) is 0 Å². The minimum Gasteiger partial charge on any atom is -0.504 e. The summed E-state index contributed by atoms with van der Waals surface area (Å²) < 4.78 is 0. The number of nitrogens with two attached hydrogens (primary N) is 4. The maximum Gasteiger partial charge on any atom is 0.333 e. The molecule has 98 valence electrons. The summed E-state index contributed by atoms with van der Waals surface area (Å²) in [6.07, 6.45) is 0. The van der Waals surface area contributed by atoms with Crippen molar-refractivity contribution in [1.82, 2.24) is 0 Å². The van der Waals surface area contributed by atoms with Crippen LogP contribution in [0.25, 0.3) is 0 Å². The van der Waals surface area contributed by atoms with Gasteiger partial charge in [0.2, 0.25) is 0 Å². The van der Waals surface area contributed by atoms with Gasteiger partial charge in [0.05, 0.1) is 11.4 Å². The van der Waals surface area contributed by atoms with Crippen molar-refractivity contribution in [3.63, 3.8) is 0 Å². The van der Waals surface area contributed by atoms with Crippen molar-refractivity contribution in [2.24, 2.45) is 23.2 Å². The number of phenols is 2. The molecule has 1 aromatic carbocycles. The Balaban J connectivity index is 3.43. The Kier molecular flexibility index (Phi) is 3.45. The molecule has 10 heteroatoms. The Morgan fingerprint density at radius 3 is 1.39 bits per heavy atom. The van der Waals surface area contributed by atoms with Gasteiger partial charge in [-0.15, -0.1) is 0 Å². The minimum atomic E-state index is -1.07. The molecule has 10 N–H and O–H groups in total. The van der Waals surface area contributed by atoms with E-state index < -0.39 is 23.6 Å². The van der Waals surface area contributed by atoms with E-state index in [1.807, 2.05) is 0 Å². The van der Waals surface area contributed by atoms with Crippen molar-refractivity contribution < 1.29 is 19.8 Å². The predicted octanol–water partition coefficient (Wildman–Crippen LogP) is -1.38. The van der Waals surface area contributed by atoms with Gasteiger partial charge in [0.25, 0.3) is 0 Å². The van der Waals surface area contributed by atoms with Crippen LogP contribution in [0.15, 0.2) is 12.1 Å². The smallest absolute Gasteiger partial charge is 0.333 e. The summed E-state index contributed by atoms with van der Waals surface area (Å²) in [6.45, 7) is 0. The molecule has 1 aromatic rings.